The standard InChI is InChI=1S/C17H22N2O2.ClH/c20-16-6-2-14(3-7-16)12-18-10-1-11-19-13-15-4-8-17(21)9-5-15;/h2-9,18-21H,1,10-13H2;1H. The number of nitrogens with one attached hydrogen (secondary N) is 2. The molecule has 4 N–H and O–H groups in total. The zero-order valence-electron chi connectivity index (χ0n) is 12.5. The molecule has 0 amide bonds. The molecule has 0 aromatic heterocycles. The van der Waals surface area contributed by atoms with Gasteiger partial charge < -0.3 is 20.8 Å². The molecule has 0 unspecified atom stereocenters. The maximum absolute atomic E-state index is 9.19. The van der Waals surface area contributed by atoms with Crippen molar-refractivity contribution in [1.29, 1.82) is 0 Å². The van der Waals surface area contributed by atoms with Gasteiger partial charge in [0, 0.05) is 13.1 Å². The van der Waals surface area contributed by atoms with Crippen molar-refractivity contribution in [2.45, 2.75) is 19.5 Å². The molecule has 0 heterocycles. The third-order valence-electron chi connectivity index (χ3n) is 3.24. The molecule has 0 fully saturated rings. The van der Waals surface area contributed by atoms with Gasteiger partial charge in [-0.05, 0) is 54.9 Å². The Kier molecular flexibility index (Phi) is 8.36. The fourth-order valence-electron chi connectivity index (χ4n) is 2.03. The van der Waals surface area contributed by atoms with E-state index in [9.17, 15) is 10.2 Å². The van der Waals surface area contributed by atoms with E-state index < -0.39 is 0 Å². The van der Waals surface area contributed by atoms with Gasteiger partial charge in [-0.2, -0.15) is 0 Å². The number of benzene rings is 2. The smallest absolute Gasteiger partial charge is 0.115 e. The summed E-state index contributed by atoms with van der Waals surface area (Å²) in [4.78, 5) is 0. The first-order valence-corrected chi connectivity index (χ1v) is 7.21. The summed E-state index contributed by atoms with van der Waals surface area (Å²) in [5, 5.41) is 25.1. The Bertz CT molecular complexity index is 480. The number of rotatable bonds is 8. The minimum absolute atomic E-state index is 0. The molecule has 22 heavy (non-hydrogen) atoms. The zero-order chi connectivity index (χ0) is 14.9. The van der Waals surface area contributed by atoms with Gasteiger partial charge in [-0.3, -0.25) is 0 Å². The maximum atomic E-state index is 9.19. The summed E-state index contributed by atoms with van der Waals surface area (Å²) in [6, 6.07) is 14.5. The molecule has 0 aliphatic carbocycles. The van der Waals surface area contributed by atoms with Gasteiger partial charge in [-0.15, -0.1) is 12.4 Å². The van der Waals surface area contributed by atoms with Gasteiger partial charge >= 0.3 is 0 Å². The van der Waals surface area contributed by atoms with E-state index in [1.54, 1.807) is 24.3 Å². The van der Waals surface area contributed by atoms with Gasteiger partial charge in [0.15, 0.2) is 0 Å². The molecule has 120 valence electrons. The van der Waals surface area contributed by atoms with Gasteiger partial charge in [0.25, 0.3) is 0 Å². The zero-order valence-corrected chi connectivity index (χ0v) is 13.3. The first kappa shape index (κ1) is 18.3. The van der Waals surface area contributed by atoms with Crippen molar-refractivity contribution in [1.82, 2.24) is 10.6 Å². The molecular weight excluding hydrogens is 300 g/mol. The van der Waals surface area contributed by atoms with Crippen molar-refractivity contribution >= 4 is 12.4 Å². The quantitative estimate of drug-likeness (QED) is 0.564. The number of aromatic hydroxyl groups is 2. The van der Waals surface area contributed by atoms with E-state index in [-0.39, 0.29) is 12.4 Å². The summed E-state index contributed by atoms with van der Waals surface area (Å²) in [6.45, 7) is 3.53. The Morgan fingerprint density at radius 3 is 1.36 bits per heavy atom. The van der Waals surface area contributed by atoms with Crippen LogP contribution < -0.4 is 10.6 Å². The molecule has 2 aromatic rings. The molecule has 2 rings (SSSR count). The monoisotopic (exact) mass is 322 g/mol. The van der Waals surface area contributed by atoms with E-state index in [2.05, 4.69) is 10.6 Å². The van der Waals surface area contributed by atoms with Crippen molar-refractivity contribution in [3.63, 3.8) is 0 Å². The highest BCUT2D eigenvalue weighted by atomic mass is 35.5. The van der Waals surface area contributed by atoms with Crippen molar-refractivity contribution in [2.24, 2.45) is 0 Å². The molecule has 0 atom stereocenters. The Morgan fingerprint density at radius 2 is 1.00 bits per heavy atom. The lowest BCUT2D eigenvalue weighted by atomic mass is 10.2. The van der Waals surface area contributed by atoms with E-state index >= 15 is 0 Å². The van der Waals surface area contributed by atoms with E-state index in [1.807, 2.05) is 24.3 Å². The average Bonchev–Trinajstić information content (AvgIpc) is 2.50. The van der Waals surface area contributed by atoms with Crippen LogP contribution in [0.1, 0.15) is 17.5 Å². The lowest BCUT2D eigenvalue weighted by molar-refractivity contribution is 0.474. The van der Waals surface area contributed by atoms with Crippen LogP contribution in [0.3, 0.4) is 0 Å². The van der Waals surface area contributed by atoms with Gasteiger partial charge in [0.2, 0.25) is 0 Å². The molecule has 4 nitrogen and oxygen atoms in total. The number of hydrogen-bond donors (Lipinski definition) is 4. The molecule has 5 heteroatoms. The fraction of sp³-hybridized carbons (Fsp3) is 0.294. The van der Waals surface area contributed by atoms with Crippen LogP contribution in [0.2, 0.25) is 0 Å². The van der Waals surface area contributed by atoms with Crippen LogP contribution >= 0.6 is 12.4 Å². The number of phenols is 2. The van der Waals surface area contributed by atoms with E-state index in [1.165, 1.54) is 11.1 Å². The molecule has 0 saturated carbocycles. The Hall–Kier alpha value is -1.75. The highest BCUT2D eigenvalue weighted by Crippen LogP contribution is 2.09. The van der Waals surface area contributed by atoms with Crippen molar-refractivity contribution in [3.05, 3.63) is 59.7 Å². The van der Waals surface area contributed by atoms with Crippen LogP contribution in [-0.2, 0) is 13.1 Å². The van der Waals surface area contributed by atoms with Crippen molar-refractivity contribution in [3.8, 4) is 11.5 Å². The van der Waals surface area contributed by atoms with Gasteiger partial charge in [-0.25, -0.2) is 0 Å². The second-order valence-electron chi connectivity index (χ2n) is 5.04. The summed E-state index contributed by atoms with van der Waals surface area (Å²) < 4.78 is 0. The van der Waals surface area contributed by atoms with Crippen LogP contribution in [-0.4, -0.2) is 23.3 Å². The Morgan fingerprint density at radius 1 is 0.636 bits per heavy atom. The largest absolute Gasteiger partial charge is 0.508 e. The molecule has 2 aromatic carbocycles. The second-order valence-corrected chi connectivity index (χ2v) is 5.04. The normalized spacial score (nSPS) is 10.2. The summed E-state index contributed by atoms with van der Waals surface area (Å²) in [5.41, 5.74) is 2.34. The lowest BCUT2D eigenvalue weighted by Crippen LogP contribution is -2.21. The summed E-state index contributed by atoms with van der Waals surface area (Å²) in [6.07, 6.45) is 1.05. The van der Waals surface area contributed by atoms with Crippen LogP contribution in [0.4, 0.5) is 0 Å². The Labute approximate surface area is 137 Å². The van der Waals surface area contributed by atoms with Gasteiger partial charge in [0.05, 0.1) is 0 Å². The SMILES string of the molecule is Cl.Oc1ccc(CNCCCNCc2ccc(O)cc2)cc1. The van der Waals surface area contributed by atoms with Crippen molar-refractivity contribution < 1.29 is 10.2 Å². The summed E-state index contributed by atoms with van der Waals surface area (Å²) in [7, 11) is 0. The lowest BCUT2D eigenvalue weighted by Gasteiger charge is -2.07. The van der Waals surface area contributed by atoms with Crippen LogP contribution in [0.15, 0.2) is 48.5 Å². The number of hydrogen-bond acceptors (Lipinski definition) is 4. The minimum Gasteiger partial charge on any atom is -0.508 e. The van der Waals surface area contributed by atoms with Gasteiger partial charge in [0.1, 0.15) is 11.5 Å². The van der Waals surface area contributed by atoms with E-state index in [0.29, 0.717) is 11.5 Å². The minimum atomic E-state index is 0. The third kappa shape index (κ3) is 6.80. The molecule has 0 spiro atoms. The molecule has 0 aliphatic heterocycles. The number of phenolic OH excluding ortho intramolecular Hbond substituents is 2. The molecule has 0 bridgehead atoms. The maximum Gasteiger partial charge on any atom is 0.115 e. The second kappa shape index (κ2) is 10.1. The van der Waals surface area contributed by atoms with Crippen LogP contribution in [0.25, 0.3) is 0 Å². The predicted octanol–water partition coefficient (Wildman–Crippen LogP) is 2.79. The van der Waals surface area contributed by atoms with Gasteiger partial charge in [-0.1, -0.05) is 24.3 Å². The van der Waals surface area contributed by atoms with E-state index in [0.717, 1.165) is 32.6 Å². The topological polar surface area (TPSA) is 64.5 Å². The summed E-state index contributed by atoms with van der Waals surface area (Å²) in [5.74, 6) is 0.606. The molecule has 0 aliphatic rings. The molecule has 0 radical (unpaired) electrons. The first-order valence-electron chi connectivity index (χ1n) is 7.21. The summed E-state index contributed by atoms with van der Waals surface area (Å²) >= 11 is 0. The Balaban J connectivity index is 0.00000242. The fourth-order valence-corrected chi connectivity index (χ4v) is 2.03. The molecular formula is C17H23ClN2O2. The highest BCUT2D eigenvalue weighted by Gasteiger charge is 1.95. The number of halogens is 1. The third-order valence-corrected chi connectivity index (χ3v) is 3.24. The highest BCUT2D eigenvalue weighted by molar-refractivity contribution is 5.85. The first-order chi connectivity index (χ1) is 10.2. The van der Waals surface area contributed by atoms with Crippen molar-refractivity contribution in [2.75, 3.05) is 13.1 Å². The predicted molar refractivity (Wildman–Crippen MR) is 91.5 cm³/mol. The molecule has 0 saturated heterocycles. The van der Waals surface area contributed by atoms with Crippen LogP contribution in [0, 0.1) is 0 Å². The van der Waals surface area contributed by atoms with E-state index in [4.69, 9.17) is 0 Å². The average molecular weight is 323 g/mol. The van der Waals surface area contributed by atoms with Crippen LogP contribution in [0.5, 0.6) is 11.5 Å².